The number of nitrogens with zero attached hydrogens (tertiary/aromatic N) is 1. The molecule has 0 aliphatic heterocycles. The van der Waals surface area contributed by atoms with Crippen molar-refractivity contribution in [2.75, 3.05) is 0 Å². The molecule has 0 spiro atoms. The van der Waals surface area contributed by atoms with Crippen LogP contribution in [0, 0.1) is 12.8 Å². The molecule has 3 aromatic rings. The molecule has 5 nitrogen and oxygen atoms in total. The highest BCUT2D eigenvalue weighted by atomic mass is 35.5. The lowest BCUT2D eigenvalue weighted by Crippen LogP contribution is -2.45. The molecule has 0 saturated heterocycles. The third-order valence-electron chi connectivity index (χ3n) is 4.72. The first-order valence-corrected chi connectivity index (χ1v) is 9.82. The summed E-state index contributed by atoms with van der Waals surface area (Å²) in [6.07, 6.45) is 0. The monoisotopic (exact) mass is 410 g/mol. The first kappa shape index (κ1) is 20.8. The van der Waals surface area contributed by atoms with Gasteiger partial charge < -0.3 is 10.1 Å². The number of fused-ring (bicyclic) bond motifs is 1. The first-order valence-electron chi connectivity index (χ1n) is 9.44. The molecular weight excluding hydrogens is 388 g/mol. The number of amides is 1. The number of carbonyl (C=O) groups is 2. The summed E-state index contributed by atoms with van der Waals surface area (Å²) in [5, 5.41) is 4.00. The molecule has 2 aromatic carbocycles. The maximum Gasteiger partial charge on any atom is 0.329 e. The smallest absolute Gasteiger partial charge is 0.329 e. The highest BCUT2D eigenvalue weighted by Gasteiger charge is 2.27. The number of benzene rings is 2. The Bertz CT molecular complexity index is 1050. The van der Waals surface area contributed by atoms with Crippen LogP contribution in [0.15, 0.2) is 54.6 Å². The number of hydrogen-bond acceptors (Lipinski definition) is 4. The second kappa shape index (κ2) is 9.05. The molecule has 6 heteroatoms. The number of hydrogen-bond donors (Lipinski definition) is 1. The van der Waals surface area contributed by atoms with E-state index in [2.05, 4.69) is 10.3 Å². The third kappa shape index (κ3) is 4.93. The van der Waals surface area contributed by atoms with E-state index in [1.807, 2.05) is 63.2 Å². The van der Waals surface area contributed by atoms with Crippen molar-refractivity contribution >= 4 is 34.4 Å². The van der Waals surface area contributed by atoms with Gasteiger partial charge in [0.1, 0.15) is 17.8 Å². The van der Waals surface area contributed by atoms with Crippen LogP contribution in [-0.4, -0.2) is 22.9 Å². The average Bonchev–Trinajstić information content (AvgIpc) is 2.70. The van der Waals surface area contributed by atoms with Crippen LogP contribution in [0.25, 0.3) is 10.9 Å². The summed E-state index contributed by atoms with van der Waals surface area (Å²) in [6.45, 7) is 5.55. The number of aromatic nitrogens is 1. The second-order valence-electron chi connectivity index (χ2n) is 7.25. The van der Waals surface area contributed by atoms with E-state index in [-0.39, 0.29) is 18.4 Å². The van der Waals surface area contributed by atoms with Crippen LogP contribution in [0.5, 0.6) is 0 Å². The van der Waals surface area contributed by atoms with E-state index in [4.69, 9.17) is 16.3 Å². The number of esters is 1. The van der Waals surface area contributed by atoms with Gasteiger partial charge in [-0.25, -0.2) is 9.78 Å². The van der Waals surface area contributed by atoms with Crippen molar-refractivity contribution in [3.8, 4) is 0 Å². The van der Waals surface area contributed by atoms with Crippen molar-refractivity contribution in [2.24, 2.45) is 5.92 Å². The maximum atomic E-state index is 12.7. The lowest BCUT2D eigenvalue weighted by molar-refractivity contribution is -0.148. The number of aryl methyl sites for hydroxylation is 1. The van der Waals surface area contributed by atoms with Gasteiger partial charge in [-0.15, -0.1) is 0 Å². The quantitative estimate of drug-likeness (QED) is 0.472. The van der Waals surface area contributed by atoms with Crippen molar-refractivity contribution < 1.29 is 14.3 Å². The van der Waals surface area contributed by atoms with Crippen LogP contribution in [0.1, 0.15) is 35.3 Å². The van der Waals surface area contributed by atoms with Gasteiger partial charge in [0, 0.05) is 16.5 Å². The normalized spacial score (nSPS) is 12.0. The van der Waals surface area contributed by atoms with Crippen LogP contribution in [0.3, 0.4) is 0 Å². The van der Waals surface area contributed by atoms with Crippen LogP contribution in [-0.2, 0) is 16.1 Å². The lowest BCUT2D eigenvalue weighted by atomic mass is 10.0. The molecule has 0 unspecified atom stereocenters. The average molecular weight is 411 g/mol. The molecule has 29 heavy (non-hydrogen) atoms. The highest BCUT2D eigenvalue weighted by Crippen LogP contribution is 2.21. The van der Waals surface area contributed by atoms with E-state index in [0.717, 1.165) is 16.5 Å². The zero-order valence-corrected chi connectivity index (χ0v) is 17.4. The van der Waals surface area contributed by atoms with E-state index in [1.54, 1.807) is 12.1 Å². The Morgan fingerprint density at radius 1 is 1.10 bits per heavy atom. The van der Waals surface area contributed by atoms with Crippen LogP contribution in [0.4, 0.5) is 0 Å². The van der Waals surface area contributed by atoms with E-state index in [9.17, 15) is 9.59 Å². The number of para-hydroxylation sites is 1. The Labute approximate surface area is 175 Å². The Kier molecular flexibility index (Phi) is 6.49. The predicted molar refractivity (Wildman–Crippen MR) is 114 cm³/mol. The molecule has 0 fully saturated rings. The second-order valence-corrected chi connectivity index (χ2v) is 7.61. The number of halogens is 1. The van der Waals surface area contributed by atoms with Gasteiger partial charge >= 0.3 is 5.97 Å². The minimum Gasteiger partial charge on any atom is -0.459 e. The molecule has 0 radical (unpaired) electrons. The first-order chi connectivity index (χ1) is 13.9. The highest BCUT2D eigenvalue weighted by molar-refractivity contribution is 6.30. The topological polar surface area (TPSA) is 68.3 Å². The van der Waals surface area contributed by atoms with Crippen molar-refractivity contribution in [3.63, 3.8) is 0 Å². The van der Waals surface area contributed by atoms with Gasteiger partial charge in [0.05, 0.1) is 5.52 Å². The molecule has 1 N–H and O–H groups in total. The van der Waals surface area contributed by atoms with E-state index < -0.39 is 12.0 Å². The molecule has 0 saturated carbocycles. The molecule has 0 aliphatic rings. The molecule has 1 aromatic heterocycles. The van der Waals surface area contributed by atoms with E-state index >= 15 is 0 Å². The zero-order chi connectivity index (χ0) is 21.0. The lowest BCUT2D eigenvalue weighted by Gasteiger charge is -2.21. The Morgan fingerprint density at radius 3 is 2.52 bits per heavy atom. The fraction of sp³-hybridized carbons (Fsp3) is 0.261. The molecule has 1 atom stereocenters. The van der Waals surface area contributed by atoms with Crippen molar-refractivity contribution in [1.82, 2.24) is 10.3 Å². The summed E-state index contributed by atoms with van der Waals surface area (Å²) in [7, 11) is 0. The Balaban J connectivity index is 1.71. The van der Waals surface area contributed by atoms with Gasteiger partial charge in [-0.05, 0) is 36.6 Å². The summed E-state index contributed by atoms with van der Waals surface area (Å²) in [5.74, 6) is -0.948. The minimum atomic E-state index is -0.769. The van der Waals surface area contributed by atoms with Gasteiger partial charge in [0.15, 0.2) is 0 Å². The summed E-state index contributed by atoms with van der Waals surface area (Å²) < 4.78 is 5.47. The summed E-state index contributed by atoms with van der Waals surface area (Å²) in [4.78, 5) is 29.6. The predicted octanol–water partition coefficient (Wildman–Crippen LogP) is 4.69. The largest absolute Gasteiger partial charge is 0.459 e. The van der Waals surface area contributed by atoms with E-state index in [1.165, 1.54) is 0 Å². The summed E-state index contributed by atoms with van der Waals surface area (Å²) in [6, 6.07) is 15.9. The molecule has 0 bridgehead atoms. The SMILES string of the molecule is Cc1ccccc1C(=O)N[C@H](C(=O)OCc1cc2ccccc2nc1Cl)C(C)C. The van der Waals surface area contributed by atoms with Crippen LogP contribution >= 0.6 is 11.6 Å². The van der Waals surface area contributed by atoms with Gasteiger partial charge in [0.2, 0.25) is 0 Å². The number of carbonyl (C=O) groups excluding carboxylic acids is 2. The Hall–Kier alpha value is -2.92. The Morgan fingerprint density at radius 2 is 1.79 bits per heavy atom. The molecule has 3 rings (SSSR count). The zero-order valence-electron chi connectivity index (χ0n) is 16.6. The van der Waals surface area contributed by atoms with Gasteiger partial charge in [-0.2, -0.15) is 0 Å². The minimum absolute atomic E-state index is 0.0149. The van der Waals surface area contributed by atoms with Crippen molar-refractivity contribution in [2.45, 2.75) is 33.4 Å². The summed E-state index contributed by atoms with van der Waals surface area (Å²) >= 11 is 6.24. The van der Waals surface area contributed by atoms with Gasteiger partial charge in [-0.1, -0.05) is 61.8 Å². The molecule has 1 heterocycles. The van der Waals surface area contributed by atoms with Gasteiger partial charge in [0.25, 0.3) is 5.91 Å². The maximum absolute atomic E-state index is 12.7. The number of rotatable bonds is 6. The number of ether oxygens (including phenoxy) is 1. The summed E-state index contributed by atoms with van der Waals surface area (Å²) in [5.41, 5.74) is 2.77. The van der Waals surface area contributed by atoms with Crippen molar-refractivity contribution in [1.29, 1.82) is 0 Å². The van der Waals surface area contributed by atoms with Crippen LogP contribution in [0.2, 0.25) is 5.15 Å². The molecule has 150 valence electrons. The number of nitrogens with one attached hydrogen (secondary N) is 1. The molecule has 0 aliphatic carbocycles. The fourth-order valence-electron chi connectivity index (χ4n) is 3.02. The van der Waals surface area contributed by atoms with Crippen molar-refractivity contribution in [3.05, 3.63) is 76.4 Å². The number of pyridine rings is 1. The molecule has 1 amide bonds. The standard InChI is InChI=1S/C23H23ClN2O3/c1-14(2)20(26-22(27)18-10-6-4-8-15(18)3)23(28)29-13-17-12-16-9-5-7-11-19(16)25-21(17)24/h4-12,14,20H,13H2,1-3H3,(H,26,27)/t20-/m0/s1. The fourth-order valence-corrected chi connectivity index (χ4v) is 3.22. The third-order valence-corrected chi connectivity index (χ3v) is 5.04. The van der Waals surface area contributed by atoms with Crippen LogP contribution < -0.4 is 5.32 Å². The van der Waals surface area contributed by atoms with Gasteiger partial charge in [-0.3, -0.25) is 4.79 Å². The molecular formula is C23H23ClN2O3. The van der Waals surface area contributed by atoms with E-state index in [0.29, 0.717) is 16.3 Å².